The molecule has 0 spiro atoms. The molecule has 0 saturated carbocycles. The number of hydrogen-bond acceptors (Lipinski definition) is 0. The Balaban J connectivity index is 9.41. The minimum absolute atomic E-state index is 0.0241. The molecular weight excluding hydrogens is 536 g/mol. The molecule has 0 nitrogen and oxygen atoms in total. The van der Waals surface area contributed by atoms with E-state index in [1.54, 1.807) is 0 Å². The highest BCUT2D eigenvalue weighted by Gasteiger charge is 2.60. The highest BCUT2D eigenvalue weighted by Crippen LogP contribution is 2.22. The summed E-state index contributed by atoms with van der Waals surface area (Å²) in [4.78, 5) is 0. The molecule has 0 saturated heterocycles. The Morgan fingerprint density at radius 2 is 0.429 bits per heavy atom. The predicted octanol–water partition coefficient (Wildman–Crippen LogP) is -13.8. The predicted molar refractivity (Wildman–Crippen MR) is 282 cm³/mol. The summed E-state index contributed by atoms with van der Waals surface area (Å²) in [7, 11) is 134. The summed E-state index contributed by atoms with van der Waals surface area (Å²) in [5.41, 5.74) is 0. The molecule has 0 N–H and O–H groups in total. The van der Waals surface area contributed by atoms with E-state index < -0.39 is 128 Å². The van der Waals surface area contributed by atoms with Gasteiger partial charge in [-0.25, -0.2) is 0 Å². The van der Waals surface area contributed by atoms with Crippen LogP contribution in [0.2, 0.25) is 34.1 Å². The molecule has 41 radical (unpaired) electrons. The van der Waals surface area contributed by atoms with E-state index in [2.05, 4.69) is 0 Å². The van der Waals surface area contributed by atoms with E-state index in [9.17, 15) is 0 Å². The summed E-state index contributed by atoms with van der Waals surface area (Å²) in [6, 6.07) is 0. The molecule has 44 heteroatoms. The van der Waals surface area contributed by atoms with Gasteiger partial charge in [-0.3, -0.25) is 0 Å². The average molecular weight is 551 g/mol. The Morgan fingerprint density at radius 1 is 0.245 bits per heavy atom. The van der Waals surface area contributed by atoms with Gasteiger partial charge < -0.3 is 0 Å². The zero-order chi connectivity index (χ0) is 39.0. The van der Waals surface area contributed by atoms with E-state index in [1.165, 1.54) is 0 Å². The third-order valence-corrected chi connectivity index (χ3v) is 10.8. The van der Waals surface area contributed by atoms with Crippen molar-refractivity contribution < 1.29 is 0 Å². The molecule has 0 fully saturated rings. The second kappa shape index (κ2) is 23.8. The SMILES string of the molecule is [B]B([B])B(B([B])[B])B(B(B([B])[B])B([B])[B])B(B(B(B([B])[B])B([B])[B])B(B([B])[B])B(C)C)B(B(B([B])[B])B([B])[B])B(B([B])[B])B([B]C)B(C)C. The molecule has 49 heavy (non-hydrogen) atoms. The van der Waals surface area contributed by atoms with Crippen LogP contribution in [-0.2, 0) is 0 Å². The Labute approximate surface area is 340 Å². The van der Waals surface area contributed by atoms with Crippen molar-refractivity contribution in [3.8, 4) is 0 Å². The second-order valence-corrected chi connectivity index (χ2v) is 14.9. The average Bonchev–Trinajstić information content (AvgIpc) is 2.88. The summed E-state index contributed by atoms with van der Waals surface area (Å²) < 4.78 is 0. The van der Waals surface area contributed by atoms with Gasteiger partial charge in [0.1, 0.15) is 0 Å². The van der Waals surface area contributed by atoms with Crippen molar-refractivity contribution in [2.75, 3.05) is 0 Å². The van der Waals surface area contributed by atoms with Gasteiger partial charge in [-0.1, -0.05) is 27.3 Å². The van der Waals surface area contributed by atoms with Crippen LogP contribution < -0.4 is 0 Å². The zero-order valence-electron chi connectivity index (χ0n) is 30.4. The lowest BCUT2D eigenvalue weighted by atomic mass is 8.25. The summed E-state index contributed by atoms with van der Waals surface area (Å²) in [6.45, 7) is 9.52. The van der Waals surface area contributed by atoms with Crippen molar-refractivity contribution in [3.63, 3.8) is 0 Å². The van der Waals surface area contributed by atoms with Gasteiger partial charge >= 0.3 is 0 Å². The van der Waals surface area contributed by atoms with Crippen LogP contribution in [0.3, 0.4) is 0 Å². The molecule has 0 aliphatic carbocycles. The van der Waals surface area contributed by atoms with Crippen LogP contribution in [0.1, 0.15) is 0 Å². The van der Waals surface area contributed by atoms with E-state index in [0.717, 1.165) is 0 Å². The van der Waals surface area contributed by atoms with Gasteiger partial charge in [0.25, 0.3) is 0 Å². The molecule has 0 aliphatic rings. The molecule has 0 aromatic rings. The van der Waals surface area contributed by atoms with Gasteiger partial charge in [0.15, 0.2) is 0 Å². The minimum Gasteiger partial charge on any atom is -0.101 e. The Kier molecular flexibility index (Phi) is 25.2. The molecule has 0 unspecified atom stereocenters. The maximum Gasteiger partial charge on any atom is 0.0842 e. The molecule has 0 aromatic heterocycles. The zero-order valence-corrected chi connectivity index (χ0v) is 30.4. The fourth-order valence-electron chi connectivity index (χ4n) is 9.13. The number of rotatable bonds is 23. The fourth-order valence-corrected chi connectivity index (χ4v) is 9.13. The molecule has 0 aromatic carbocycles. The quantitative estimate of drug-likeness (QED) is 0.111. The van der Waals surface area contributed by atoms with Crippen molar-refractivity contribution in [1.29, 1.82) is 0 Å². The normalized spacial score (nSPS) is 9.73. The highest BCUT2D eigenvalue weighted by atomic mass is 13.4. The van der Waals surface area contributed by atoms with Gasteiger partial charge in [0, 0.05) is 289 Å². The van der Waals surface area contributed by atoms with Gasteiger partial charge in [-0.05, 0) is 0 Å². The maximum absolute atomic E-state index is 6.76. The van der Waals surface area contributed by atoms with Crippen molar-refractivity contribution in [1.82, 2.24) is 0 Å². The summed E-state index contributed by atoms with van der Waals surface area (Å²) in [5, 5.41) is 0. The van der Waals surface area contributed by atoms with Crippen molar-refractivity contribution in [2.24, 2.45) is 0 Å². The van der Waals surface area contributed by atoms with Gasteiger partial charge in [-0.15, -0.1) is 6.82 Å². The van der Waals surface area contributed by atoms with E-state index in [4.69, 9.17) is 155 Å². The van der Waals surface area contributed by atoms with E-state index in [-0.39, 0.29) is 19.6 Å². The molecule has 0 heterocycles. The first kappa shape index (κ1) is 51.9. The van der Waals surface area contributed by atoms with Crippen LogP contribution in [0.25, 0.3) is 0 Å². The topological polar surface area (TPSA) is 0 Å². The largest absolute Gasteiger partial charge is 0.101 e. The van der Waals surface area contributed by atoms with E-state index in [1.807, 2.05) is 41.3 Å². The van der Waals surface area contributed by atoms with Crippen LogP contribution in [-0.4, -0.2) is 309 Å². The lowest BCUT2D eigenvalue weighted by Gasteiger charge is -2.56. The maximum atomic E-state index is 6.76. The smallest absolute Gasteiger partial charge is 0.0842 e. The first-order valence-corrected chi connectivity index (χ1v) is 17.2. The van der Waals surface area contributed by atoms with Crippen LogP contribution in [0.15, 0.2) is 0 Å². The molecule has 167 valence electrons. The van der Waals surface area contributed by atoms with Crippen LogP contribution in [0.5, 0.6) is 0 Å². The lowest BCUT2D eigenvalue weighted by Crippen LogP contribution is -2.94. The minimum atomic E-state index is -1.19. The molecule has 0 amide bonds. The lowest BCUT2D eigenvalue weighted by molar-refractivity contribution is 2.09. The van der Waals surface area contributed by atoms with Crippen LogP contribution >= 0.6 is 0 Å². The van der Waals surface area contributed by atoms with Crippen molar-refractivity contribution in [3.05, 3.63) is 0 Å². The molecule has 0 aliphatic heterocycles. The summed E-state index contributed by atoms with van der Waals surface area (Å²) in [6.07, 6.45) is -20.4. The fraction of sp³-hybridized carbons (Fsp3) is 1.00. The van der Waals surface area contributed by atoms with Crippen molar-refractivity contribution in [2.45, 2.75) is 34.1 Å². The first-order chi connectivity index (χ1) is 22.3. The van der Waals surface area contributed by atoms with E-state index in [0.29, 0.717) is 0 Å². The summed E-state index contributed by atoms with van der Waals surface area (Å²) >= 11 is 0. The molecule has 0 bridgehead atoms. The van der Waals surface area contributed by atoms with Gasteiger partial charge in [0.2, 0.25) is 0 Å². The monoisotopic (exact) mass is 560 g/mol. The third-order valence-electron chi connectivity index (χ3n) is 10.8. The van der Waals surface area contributed by atoms with Crippen LogP contribution in [0.4, 0.5) is 0 Å². The first-order valence-electron chi connectivity index (χ1n) is 17.2. The second-order valence-electron chi connectivity index (χ2n) is 14.9. The Bertz CT molecular complexity index is 733. The standard InChI is InChI=1S/C5H15B44/c1-26-39(27(2)3)45(38(24)25)48(44(36(20)21)37(22)23)49(46(40(28(4)5)29(6)7)41(30(8)9)31(10)11)47(42(32(12)13)33(14)15)43(34(16)17)35(18)19/h1-5H3. The van der Waals surface area contributed by atoms with Crippen LogP contribution in [0, 0.1) is 0 Å². The third kappa shape index (κ3) is 14.1. The van der Waals surface area contributed by atoms with E-state index >= 15 is 0 Å². The molecular formula is C5H15B44. The van der Waals surface area contributed by atoms with Gasteiger partial charge in [0.05, 0.1) is 20.4 Å². The van der Waals surface area contributed by atoms with Gasteiger partial charge in [-0.2, -0.15) is 0 Å². The molecule has 0 atom stereocenters. The Morgan fingerprint density at radius 3 is 0.592 bits per heavy atom. The summed E-state index contributed by atoms with van der Waals surface area (Å²) in [5.74, 6) is 0. The molecule has 0 rings (SSSR count). The Hall–Kier alpha value is 2.86. The van der Waals surface area contributed by atoms with Crippen molar-refractivity contribution >= 4 is 309 Å². The number of hydrogen-bond donors (Lipinski definition) is 0. The highest BCUT2D eigenvalue weighted by molar-refractivity contribution is 8.34.